The molecule has 0 radical (unpaired) electrons. The van der Waals surface area contributed by atoms with Crippen LogP contribution in [0.3, 0.4) is 0 Å². The fourth-order valence-corrected chi connectivity index (χ4v) is 5.41. The highest BCUT2D eigenvalue weighted by Gasteiger charge is 2.34. The van der Waals surface area contributed by atoms with Crippen LogP contribution in [0.5, 0.6) is 0 Å². The number of hydrogen-bond donors (Lipinski definition) is 0. The number of nitrogens with zero attached hydrogens (tertiary/aromatic N) is 4. The SMILES string of the molecule is CCCn1c(N2CCCC2)c(/C=C2/SC(=S)N(Cc3ccco3)C2=O)c(C)c(C#N)c1=O. The van der Waals surface area contributed by atoms with Crippen molar-refractivity contribution in [1.29, 1.82) is 5.26 Å². The van der Waals surface area contributed by atoms with E-state index in [0.717, 1.165) is 43.7 Å². The molecule has 166 valence electrons. The average Bonchev–Trinajstić information content (AvgIpc) is 3.52. The molecule has 0 aliphatic carbocycles. The van der Waals surface area contributed by atoms with Crippen molar-refractivity contribution in [3.8, 4) is 6.07 Å². The molecule has 0 atom stereocenters. The lowest BCUT2D eigenvalue weighted by Gasteiger charge is -2.26. The summed E-state index contributed by atoms with van der Waals surface area (Å²) in [5.41, 5.74) is 1.20. The number of hydrogen-bond acceptors (Lipinski definition) is 7. The smallest absolute Gasteiger partial charge is 0.270 e. The minimum atomic E-state index is -0.267. The van der Waals surface area contributed by atoms with E-state index < -0.39 is 0 Å². The van der Waals surface area contributed by atoms with Gasteiger partial charge >= 0.3 is 0 Å². The topological polar surface area (TPSA) is 82.5 Å². The summed E-state index contributed by atoms with van der Waals surface area (Å²) in [6.07, 6.45) is 6.22. The zero-order valence-electron chi connectivity index (χ0n) is 18.1. The lowest BCUT2D eigenvalue weighted by atomic mass is 10.0. The van der Waals surface area contributed by atoms with Gasteiger partial charge in [0.15, 0.2) is 0 Å². The van der Waals surface area contributed by atoms with Gasteiger partial charge in [0.1, 0.15) is 27.5 Å². The van der Waals surface area contributed by atoms with Crippen LogP contribution < -0.4 is 10.5 Å². The first-order valence-electron chi connectivity index (χ1n) is 10.7. The van der Waals surface area contributed by atoms with E-state index in [2.05, 4.69) is 11.0 Å². The summed E-state index contributed by atoms with van der Waals surface area (Å²) in [4.78, 5) is 30.5. The summed E-state index contributed by atoms with van der Waals surface area (Å²) in [6.45, 7) is 6.26. The third-order valence-corrected chi connectivity index (χ3v) is 7.12. The molecule has 2 saturated heterocycles. The minimum absolute atomic E-state index is 0.124. The first-order chi connectivity index (χ1) is 15.5. The van der Waals surface area contributed by atoms with Gasteiger partial charge in [0.05, 0.1) is 17.7 Å². The molecule has 2 aromatic heterocycles. The highest BCUT2D eigenvalue weighted by atomic mass is 32.2. The second-order valence-corrected chi connectivity index (χ2v) is 9.52. The fourth-order valence-electron chi connectivity index (χ4n) is 4.17. The van der Waals surface area contributed by atoms with Crippen LogP contribution in [0, 0.1) is 18.3 Å². The Morgan fingerprint density at radius 1 is 1.31 bits per heavy atom. The normalized spacial score (nSPS) is 17.6. The molecule has 2 aliphatic rings. The number of thiocarbonyl (C=S) groups is 1. The third kappa shape index (κ3) is 4.00. The van der Waals surface area contributed by atoms with Gasteiger partial charge in [0, 0.05) is 25.2 Å². The largest absolute Gasteiger partial charge is 0.467 e. The fraction of sp³-hybridized carbons (Fsp3) is 0.391. The van der Waals surface area contributed by atoms with Crippen LogP contribution in [0.25, 0.3) is 6.08 Å². The maximum Gasteiger partial charge on any atom is 0.270 e. The Morgan fingerprint density at radius 2 is 2.06 bits per heavy atom. The van der Waals surface area contributed by atoms with Crippen molar-refractivity contribution >= 4 is 46.1 Å². The lowest BCUT2D eigenvalue weighted by molar-refractivity contribution is -0.122. The Kier molecular flexibility index (Phi) is 6.53. The van der Waals surface area contributed by atoms with Gasteiger partial charge in [-0.3, -0.25) is 19.1 Å². The molecule has 0 aromatic carbocycles. The average molecular weight is 469 g/mol. The molecule has 32 heavy (non-hydrogen) atoms. The summed E-state index contributed by atoms with van der Waals surface area (Å²) in [5.74, 6) is 1.25. The molecular weight excluding hydrogens is 444 g/mol. The van der Waals surface area contributed by atoms with Crippen LogP contribution >= 0.6 is 24.0 Å². The van der Waals surface area contributed by atoms with Crippen LogP contribution in [0.2, 0.25) is 0 Å². The minimum Gasteiger partial charge on any atom is -0.467 e. The van der Waals surface area contributed by atoms with E-state index >= 15 is 0 Å². The molecule has 0 saturated carbocycles. The van der Waals surface area contributed by atoms with Gasteiger partial charge in [-0.1, -0.05) is 30.9 Å². The molecule has 2 aliphatic heterocycles. The summed E-state index contributed by atoms with van der Waals surface area (Å²) < 4.78 is 7.53. The number of nitriles is 1. The second kappa shape index (κ2) is 9.35. The van der Waals surface area contributed by atoms with E-state index in [-0.39, 0.29) is 23.6 Å². The Hall–Kier alpha value is -2.83. The van der Waals surface area contributed by atoms with Gasteiger partial charge in [-0.25, -0.2) is 0 Å². The third-order valence-electron chi connectivity index (χ3n) is 5.74. The summed E-state index contributed by atoms with van der Waals surface area (Å²) >= 11 is 6.69. The Morgan fingerprint density at radius 3 is 2.69 bits per heavy atom. The van der Waals surface area contributed by atoms with E-state index in [1.165, 1.54) is 16.7 Å². The highest BCUT2D eigenvalue weighted by molar-refractivity contribution is 8.26. The van der Waals surface area contributed by atoms with Gasteiger partial charge in [0.25, 0.3) is 11.5 Å². The summed E-state index contributed by atoms with van der Waals surface area (Å²) in [5, 5.41) is 9.70. The van der Waals surface area contributed by atoms with Crippen LogP contribution in [-0.2, 0) is 17.9 Å². The van der Waals surface area contributed by atoms with Crippen molar-refractivity contribution in [3.63, 3.8) is 0 Å². The zero-order valence-corrected chi connectivity index (χ0v) is 19.7. The quantitative estimate of drug-likeness (QED) is 0.467. The number of anilines is 1. The van der Waals surface area contributed by atoms with Crippen LogP contribution in [0.1, 0.15) is 48.6 Å². The first kappa shape index (κ1) is 22.4. The van der Waals surface area contributed by atoms with E-state index in [9.17, 15) is 14.9 Å². The van der Waals surface area contributed by atoms with E-state index in [0.29, 0.717) is 27.1 Å². The molecule has 4 heterocycles. The van der Waals surface area contributed by atoms with E-state index in [1.54, 1.807) is 36.0 Å². The van der Waals surface area contributed by atoms with Crippen molar-refractivity contribution in [1.82, 2.24) is 9.47 Å². The number of rotatable bonds is 6. The van der Waals surface area contributed by atoms with Gasteiger partial charge in [-0.15, -0.1) is 0 Å². The number of carbonyl (C=O) groups excluding carboxylic acids is 1. The number of amides is 1. The second-order valence-electron chi connectivity index (χ2n) is 7.85. The Labute approximate surface area is 196 Å². The van der Waals surface area contributed by atoms with Crippen molar-refractivity contribution in [2.75, 3.05) is 18.0 Å². The van der Waals surface area contributed by atoms with Gasteiger partial charge in [-0.2, -0.15) is 5.26 Å². The number of aromatic nitrogens is 1. The molecule has 1 amide bonds. The predicted molar refractivity (Wildman–Crippen MR) is 129 cm³/mol. The van der Waals surface area contributed by atoms with Crippen molar-refractivity contribution < 1.29 is 9.21 Å². The predicted octanol–water partition coefficient (Wildman–Crippen LogP) is 4.03. The van der Waals surface area contributed by atoms with E-state index in [4.69, 9.17) is 16.6 Å². The molecule has 0 bridgehead atoms. The number of carbonyl (C=O) groups is 1. The number of furan rings is 1. The molecule has 2 fully saturated rings. The zero-order chi connectivity index (χ0) is 22.8. The lowest BCUT2D eigenvalue weighted by Crippen LogP contribution is -2.33. The molecule has 0 unspecified atom stereocenters. The van der Waals surface area contributed by atoms with E-state index in [1.807, 2.05) is 6.92 Å². The highest BCUT2D eigenvalue weighted by Crippen LogP contribution is 2.37. The standard InChI is InChI=1S/C23H24N4O3S2/c1-3-8-26-20(25-9-4-5-10-25)17(15(2)18(13-24)21(26)28)12-19-22(29)27(23(31)32-19)14-16-7-6-11-30-16/h6-7,11-12H,3-5,8-10,14H2,1-2H3/b19-12+. The monoisotopic (exact) mass is 468 g/mol. The van der Waals surface area contributed by atoms with Crippen molar-refractivity contribution in [2.45, 2.75) is 46.2 Å². The van der Waals surface area contributed by atoms with Gasteiger partial charge in [-0.05, 0) is 50.0 Å². The van der Waals surface area contributed by atoms with Crippen molar-refractivity contribution in [3.05, 3.63) is 56.1 Å². The molecule has 9 heteroatoms. The molecule has 0 N–H and O–H groups in total. The first-order valence-corrected chi connectivity index (χ1v) is 11.9. The Balaban J connectivity index is 1.83. The van der Waals surface area contributed by atoms with Crippen LogP contribution in [0.15, 0.2) is 32.5 Å². The van der Waals surface area contributed by atoms with Gasteiger partial charge in [0.2, 0.25) is 0 Å². The molecule has 4 rings (SSSR count). The molecule has 2 aromatic rings. The van der Waals surface area contributed by atoms with Crippen LogP contribution in [0.4, 0.5) is 5.82 Å². The summed E-state index contributed by atoms with van der Waals surface area (Å²) in [6, 6.07) is 5.66. The maximum absolute atomic E-state index is 13.2. The molecule has 7 nitrogen and oxygen atoms in total. The summed E-state index contributed by atoms with van der Waals surface area (Å²) in [7, 11) is 0. The Bertz CT molecular complexity index is 1190. The van der Waals surface area contributed by atoms with Crippen LogP contribution in [-0.4, -0.2) is 32.8 Å². The van der Waals surface area contributed by atoms with Gasteiger partial charge < -0.3 is 9.32 Å². The van der Waals surface area contributed by atoms with Crippen molar-refractivity contribution in [2.24, 2.45) is 0 Å². The molecular formula is C23H24N4O3S2. The number of pyridine rings is 1. The maximum atomic E-state index is 13.2. The number of thioether (sulfide) groups is 1. The molecule has 0 spiro atoms.